The summed E-state index contributed by atoms with van der Waals surface area (Å²) >= 11 is 0. The van der Waals surface area contributed by atoms with Crippen molar-refractivity contribution in [2.45, 2.75) is 31.6 Å². The minimum atomic E-state index is -4.77. The summed E-state index contributed by atoms with van der Waals surface area (Å²) < 4.78 is 55.6. The Bertz CT molecular complexity index is 1440. The predicted octanol–water partition coefficient (Wildman–Crippen LogP) is 4.43. The van der Waals surface area contributed by atoms with Crippen molar-refractivity contribution in [2.75, 3.05) is 29.9 Å². The van der Waals surface area contributed by atoms with Crippen molar-refractivity contribution < 1.29 is 17.6 Å². The summed E-state index contributed by atoms with van der Waals surface area (Å²) in [4.78, 5) is 27.5. The van der Waals surface area contributed by atoms with Crippen LogP contribution in [0.25, 0.3) is 11.0 Å². The molecule has 188 valence electrons. The van der Waals surface area contributed by atoms with Gasteiger partial charge in [-0.2, -0.15) is 13.2 Å². The van der Waals surface area contributed by atoms with Crippen LogP contribution < -0.4 is 15.4 Å². The standard InChI is InChI=1S/C25H24F4N6O/c1-33(23-30-11-8-22(36)32-23)17-9-12-34(13-10-17)24-31-20-4-2-3-5-21(20)35(24)15-16-6-7-19(26)18(14-16)25(27,28)29/h2-8,11,14,17H,9-10,12-13,15H2,1H3,(H,30,32,36). The smallest absolute Gasteiger partial charge is 0.342 e. The van der Waals surface area contributed by atoms with E-state index in [9.17, 15) is 22.4 Å². The zero-order valence-corrected chi connectivity index (χ0v) is 19.5. The molecule has 0 bridgehead atoms. The van der Waals surface area contributed by atoms with Gasteiger partial charge >= 0.3 is 6.18 Å². The van der Waals surface area contributed by atoms with E-state index >= 15 is 0 Å². The van der Waals surface area contributed by atoms with Gasteiger partial charge in [0.15, 0.2) is 0 Å². The Labute approximate surface area is 204 Å². The van der Waals surface area contributed by atoms with Crippen molar-refractivity contribution in [3.63, 3.8) is 0 Å². The molecule has 0 atom stereocenters. The first-order valence-corrected chi connectivity index (χ1v) is 11.5. The van der Waals surface area contributed by atoms with Crippen molar-refractivity contribution in [1.82, 2.24) is 19.5 Å². The molecular formula is C25H24F4N6O. The molecule has 0 amide bonds. The van der Waals surface area contributed by atoms with Crippen LogP contribution in [0.1, 0.15) is 24.0 Å². The minimum Gasteiger partial charge on any atom is -0.342 e. The van der Waals surface area contributed by atoms with Crippen LogP contribution in [0.3, 0.4) is 0 Å². The lowest BCUT2D eigenvalue weighted by atomic mass is 10.0. The number of imidazole rings is 1. The molecule has 1 N–H and O–H groups in total. The second-order valence-corrected chi connectivity index (χ2v) is 8.89. The van der Waals surface area contributed by atoms with E-state index in [1.807, 2.05) is 40.8 Å². The van der Waals surface area contributed by atoms with Gasteiger partial charge in [0, 0.05) is 38.4 Å². The maximum Gasteiger partial charge on any atom is 0.419 e. The van der Waals surface area contributed by atoms with Crippen molar-refractivity contribution >= 4 is 22.9 Å². The highest BCUT2D eigenvalue weighted by Gasteiger charge is 2.34. The molecule has 3 heterocycles. The van der Waals surface area contributed by atoms with Crippen LogP contribution in [-0.2, 0) is 12.7 Å². The lowest BCUT2D eigenvalue weighted by molar-refractivity contribution is -0.140. The number of H-pyrrole nitrogens is 1. The number of nitrogens with one attached hydrogen (secondary N) is 1. The summed E-state index contributed by atoms with van der Waals surface area (Å²) in [6, 6.07) is 12.1. The van der Waals surface area contributed by atoms with Crippen LogP contribution in [0.4, 0.5) is 29.5 Å². The van der Waals surface area contributed by atoms with E-state index in [-0.39, 0.29) is 18.1 Å². The molecule has 1 fully saturated rings. The molecule has 1 saturated heterocycles. The average Bonchev–Trinajstić information content (AvgIpc) is 3.22. The Hall–Kier alpha value is -3.89. The second-order valence-electron chi connectivity index (χ2n) is 8.89. The molecule has 0 spiro atoms. The van der Waals surface area contributed by atoms with Gasteiger partial charge in [0.05, 0.1) is 23.1 Å². The fraction of sp³-hybridized carbons (Fsp3) is 0.320. The summed E-state index contributed by atoms with van der Waals surface area (Å²) in [5.41, 5.74) is 0.364. The summed E-state index contributed by atoms with van der Waals surface area (Å²) in [5.74, 6) is -0.131. The summed E-state index contributed by atoms with van der Waals surface area (Å²) in [5, 5.41) is 0. The van der Waals surface area contributed by atoms with Gasteiger partial charge < -0.3 is 14.4 Å². The van der Waals surface area contributed by atoms with E-state index in [0.717, 1.165) is 36.0 Å². The minimum absolute atomic E-state index is 0.119. The van der Waals surface area contributed by atoms with Gasteiger partial charge in [-0.15, -0.1) is 0 Å². The first-order valence-electron chi connectivity index (χ1n) is 11.5. The van der Waals surface area contributed by atoms with E-state index in [4.69, 9.17) is 4.98 Å². The van der Waals surface area contributed by atoms with Gasteiger partial charge in [0.25, 0.3) is 5.56 Å². The number of para-hydroxylation sites is 2. The molecule has 36 heavy (non-hydrogen) atoms. The highest BCUT2D eigenvalue weighted by Crippen LogP contribution is 2.33. The maximum absolute atomic E-state index is 13.8. The van der Waals surface area contributed by atoms with Crippen LogP contribution in [0.2, 0.25) is 0 Å². The molecule has 1 aliphatic rings. The third-order valence-corrected chi connectivity index (χ3v) is 6.60. The molecule has 11 heteroatoms. The molecule has 4 aromatic rings. The SMILES string of the molecule is CN(c1nccc(=O)[nH]1)C1CCN(c2nc3ccccc3n2Cc2ccc(F)c(C(F)(F)F)c2)CC1. The van der Waals surface area contributed by atoms with Crippen LogP contribution in [0, 0.1) is 5.82 Å². The number of nitrogens with zero attached hydrogens (tertiary/aromatic N) is 5. The number of rotatable bonds is 5. The predicted molar refractivity (Wildman–Crippen MR) is 129 cm³/mol. The first-order chi connectivity index (χ1) is 17.2. The third-order valence-electron chi connectivity index (χ3n) is 6.60. The molecule has 0 saturated carbocycles. The highest BCUT2D eigenvalue weighted by atomic mass is 19.4. The number of aromatic amines is 1. The zero-order valence-electron chi connectivity index (χ0n) is 19.5. The lowest BCUT2D eigenvalue weighted by Gasteiger charge is -2.37. The number of aromatic nitrogens is 4. The molecule has 7 nitrogen and oxygen atoms in total. The number of anilines is 2. The fourth-order valence-electron chi connectivity index (χ4n) is 4.70. The number of alkyl halides is 3. The monoisotopic (exact) mass is 500 g/mol. The largest absolute Gasteiger partial charge is 0.419 e. The Balaban J connectivity index is 1.41. The van der Waals surface area contributed by atoms with E-state index < -0.39 is 17.6 Å². The molecule has 2 aromatic carbocycles. The number of halogens is 4. The van der Waals surface area contributed by atoms with Crippen LogP contribution in [0.5, 0.6) is 0 Å². The molecular weight excluding hydrogens is 476 g/mol. The Morgan fingerprint density at radius 2 is 1.86 bits per heavy atom. The maximum atomic E-state index is 13.8. The quantitative estimate of drug-likeness (QED) is 0.411. The van der Waals surface area contributed by atoms with E-state index in [2.05, 4.69) is 14.9 Å². The summed E-state index contributed by atoms with van der Waals surface area (Å²) in [6.07, 6.45) is -1.76. The van der Waals surface area contributed by atoms with Gasteiger partial charge in [-0.05, 0) is 42.7 Å². The van der Waals surface area contributed by atoms with Crippen molar-refractivity contribution in [3.8, 4) is 0 Å². The first kappa shape index (κ1) is 23.8. The Morgan fingerprint density at radius 3 is 2.58 bits per heavy atom. The zero-order chi connectivity index (χ0) is 25.4. The van der Waals surface area contributed by atoms with Crippen LogP contribution in [-0.4, -0.2) is 45.7 Å². The van der Waals surface area contributed by atoms with E-state index in [0.29, 0.717) is 30.5 Å². The number of benzene rings is 2. The summed E-state index contributed by atoms with van der Waals surface area (Å²) in [6.45, 7) is 1.44. The lowest BCUT2D eigenvalue weighted by Crippen LogP contribution is -2.45. The molecule has 5 rings (SSSR count). The topological polar surface area (TPSA) is 70.1 Å². The molecule has 0 unspecified atom stereocenters. The van der Waals surface area contributed by atoms with E-state index in [1.54, 1.807) is 0 Å². The number of fused-ring (bicyclic) bond motifs is 1. The Kier molecular flexibility index (Phi) is 6.15. The molecule has 1 aliphatic heterocycles. The van der Waals surface area contributed by atoms with Crippen molar-refractivity contribution in [1.29, 1.82) is 0 Å². The van der Waals surface area contributed by atoms with Gasteiger partial charge in [-0.25, -0.2) is 14.4 Å². The van der Waals surface area contributed by atoms with Gasteiger partial charge in [-0.1, -0.05) is 18.2 Å². The second kappa shape index (κ2) is 9.29. The Morgan fingerprint density at radius 1 is 1.11 bits per heavy atom. The molecule has 0 aliphatic carbocycles. The summed E-state index contributed by atoms with van der Waals surface area (Å²) in [7, 11) is 1.89. The van der Waals surface area contributed by atoms with Crippen molar-refractivity contribution in [2.24, 2.45) is 0 Å². The third kappa shape index (κ3) is 4.65. The van der Waals surface area contributed by atoms with Gasteiger partial charge in [0.2, 0.25) is 11.9 Å². The van der Waals surface area contributed by atoms with Gasteiger partial charge in [0.1, 0.15) is 5.82 Å². The van der Waals surface area contributed by atoms with Crippen LogP contribution in [0.15, 0.2) is 59.5 Å². The number of hydrogen-bond donors (Lipinski definition) is 1. The molecule has 0 radical (unpaired) electrons. The number of hydrogen-bond acceptors (Lipinski definition) is 5. The fourth-order valence-corrected chi connectivity index (χ4v) is 4.70. The normalized spacial score (nSPS) is 15.0. The number of piperidine rings is 1. The average molecular weight is 501 g/mol. The molecule has 2 aromatic heterocycles. The van der Waals surface area contributed by atoms with Crippen molar-refractivity contribution in [3.05, 3.63) is 82.0 Å². The van der Waals surface area contributed by atoms with Gasteiger partial charge in [-0.3, -0.25) is 9.78 Å². The van der Waals surface area contributed by atoms with E-state index in [1.165, 1.54) is 18.3 Å². The highest BCUT2D eigenvalue weighted by molar-refractivity contribution is 5.79. The van der Waals surface area contributed by atoms with Crippen LogP contribution >= 0.6 is 0 Å².